The van der Waals surface area contributed by atoms with Crippen LogP contribution in [0.25, 0.3) is 0 Å². The summed E-state index contributed by atoms with van der Waals surface area (Å²) in [7, 11) is 1.94. The van der Waals surface area contributed by atoms with Crippen LogP contribution in [0.5, 0.6) is 0 Å². The molecule has 1 aromatic carbocycles. The lowest BCUT2D eigenvalue weighted by molar-refractivity contribution is -0.120. The van der Waals surface area contributed by atoms with Gasteiger partial charge in [-0.05, 0) is 37.6 Å². The first-order chi connectivity index (χ1) is 8.79. The molecular formula is C14H20N2OS. The summed E-state index contributed by atoms with van der Waals surface area (Å²) in [6.07, 6.45) is 3.21. The molecule has 1 amide bonds. The second-order valence-corrected chi connectivity index (χ2v) is 5.85. The molecule has 0 saturated carbocycles. The normalized spacial score (nSPS) is 20.3. The Hall–Kier alpha value is -1.00. The Morgan fingerprint density at radius 2 is 2.33 bits per heavy atom. The van der Waals surface area contributed by atoms with Gasteiger partial charge in [-0.15, -0.1) is 11.8 Å². The molecule has 1 fully saturated rings. The number of thioether (sulfide) groups is 1. The number of hydrogen-bond acceptors (Lipinski definition) is 3. The number of carbonyl (C=O) groups is 1. The standard InChI is InChI=1S/C14H20N2OS/c1-15-10-11-5-4-6-12(9-11)18-13-7-2-3-8-16-14(13)17/h4-6,9,13,15H,2-3,7-8,10H2,1H3,(H,16,17). The molecule has 1 aliphatic rings. The molecule has 0 aromatic heterocycles. The number of nitrogens with one attached hydrogen (secondary N) is 2. The van der Waals surface area contributed by atoms with Gasteiger partial charge in [-0.3, -0.25) is 4.79 Å². The molecule has 0 radical (unpaired) electrons. The zero-order valence-electron chi connectivity index (χ0n) is 10.7. The van der Waals surface area contributed by atoms with Crippen LogP contribution in [0.3, 0.4) is 0 Å². The quantitative estimate of drug-likeness (QED) is 0.875. The highest BCUT2D eigenvalue weighted by Crippen LogP contribution is 2.28. The first-order valence-corrected chi connectivity index (χ1v) is 7.35. The van der Waals surface area contributed by atoms with Gasteiger partial charge in [-0.25, -0.2) is 0 Å². The summed E-state index contributed by atoms with van der Waals surface area (Å²) >= 11 is 1.69. The van der Waals surface area contributed by atoms with Gasteiger partial charge in [0, 0.05) is 18.0 Å². The van der Waals surface area contributed by atoms with Crippen molar-refractivity contribution < 1.29 is 4.79 Å². The van der Waals surface area contributed by atoms with Gasteiger partial charge in [0.25, 0.3) is 0 Å². The van der Waals surface area contributed by atoms with Crippen LogP contribution >= 0.6 is 11.8 Å². The summed E-state index contributed by atoms with van der Waals surface area (Å²) in [6, 6.07) is 8.42. The second-order valence-electron chi connectivity index (χ2n) is 4.57. The van der Waals surface area contributed by atoms with Crippen LogP contribution in [0, 0.1) is 0 Å². The van der Waals surface area contributed by atoms with Crippen molar-refractivity contribution in [2.45, 2.75) is 36.0 Å². The summed E-state index contributed by atoms with van der Waals surface area (Å²) in [4.78, 5) is 13.1. The van der Waals surface area contributed by atoms with Crippen molar-refractivity contribution in [3.63, 3.8) is 0 Å². The minimum absolute atomic E-state index is 0.0670. The summed E-state index contributed by atoms with van der Waals surface area (Å²) in [5.74, 6) is 0.191. The minimum Gasteiger partial charge on any atom is -0.355 e. The predicted octanol–water partition coefficient (Wildman–Crippen LogP) is 2.17. The van der Waals surface area contributed by atoms with Gasteiger partial charge in [0.05, 0.1) is 5.25 Å². The number of amides is 1. The Kier molecular flexibility index (Phi) is 5.08. The topological polar surface area (TPSA) is 41.1 Å². The van der Waals surface area contributed by atoms with Crippen molar-refractivity contribution in [3.05, 3.63) is 29.8 Å². The first-order valence-electron chi connectivity index (χ1n) is 6.47. The SMILES string of the molecule is CNCc1cccc(SC2CCCCNC2=O)c1. The Labute approximate surface area is 113 Å². The Morgan fingerprint density at radius 1 is 1.44 bits per heavy atom. The molecule has 98 valence electrons. The van der Waals surface area contributed by atoms with E-state index in [0.717, 1.165) is 32.4 Å². The van der Waals surface area contributed by atoms with Gasteiger partial charge in [0.15, 0.2) is 0 Å². The van der Waals surface area contributed by atoms with E-state index in [4.69, 9.17) is 0 Å². The van der Waals surface area contributed by atoms with E-state index in [1.807, 2.05) is 7.05 Å². The third kappa shape index (κ3) is 3.75. The van der Waals surface area contributed by atoms with Gasteiger partial charge in [0.1, 0.15) is 0 Å². The molecule has 18 heavy (non-hydrogen) atoms. The van der Waals surface area contributed by atoms with E-state index in [9.17, 15) is 4.79 Å². The summed E-state index contributed by atoms with van der Waals surface area (Å²) < 4.78 is 0. The molecule has 1 atom stereocenters. The maximum absolute atomic E-state index is 11.9. The van der Waals surface area contributed by atoms with Gasteiger partial charge in [-0.1, -0.05) is 18.6 Å². The molecule has 1 saturated heterocycles. The predicted molar refractivity (Wildman–Crippen MR) is 75.7 cm³/mol. The van der Waals surface area contributed by atoms with Crippen LogP contribution in [0.1, 0.15) is 24.8 Å². The summed E-state index contributed by atoms with van der Waals surface area (Å²) in [5, 5.41) is 6.19. The average molecular weight is 264 g/mol. The molecule has 1 heterocycles. The Bertz CT molecular complexity index is 409. The van der Waals surface area contributed by atoms with Crippen molar-refractivity contribution in [1.82, 2.24) is 10.6 Å². The summed E-state index contributed by atoms with van der Waals surface area (Å²) in [6.45, 7) is 1.70. The highest BCUT2D eigenvalue weighted by Gasteiger charge is 2.21. The van der Waals surface area contributed by atoms with Crippen molar-refractivity contribution >= 4 is 17.7 Å². The van der Waals surface area contributed by atoms with Gasteiger partial charge in [-0.2, -0.15) is 0 Å². The number of hydrogen-bond donors (Lipinski definition) is 2. The highest BCUT2D eigenvalue weighted by molar-refractivity contribution is 8.00. The molecule has 4 heteroatoms. The van der Waals surface area contributed by atoms with Crippen LogP contribution in [0.15, 0.2) is 29.2 Å². The Balaban J connectivity index is 2.02. The third-order valence-corrected chi connectivity index (χ3v) is 4.30. The van der Waals surface area contributed by atoms with Crippen LogP contribution in [0.2, 0.25) is 0 Å². The Morgan fingerprint density at radius 3 is 3.17 bits per heavy atom. The van der Waals surface area contributed by atoms with E-state index < -0.39 is 0 Å². The van der Waals surface area contributed by atoms with E-state index >= 15 is 0 Å². The molecule has 3 nitrogen and oxygen atoms in total. The van der Waals surface area contributed by atoms with Gasteiger partial charge in [0.2, 0.25) is 5.91 Å². The smallest absolute Gasteiger partial charge is 0.233 e. The molecule has 0 aliphatic carbocycles. The summed E-state index contributed by atoms with van der Waals surface area (Å²) in [5.41, 5.74) is 1.26. The van der Waals surface area contributed by atoms with Crippen LogP contribution in [-0.2, 0) is 11.3 Å². The van der Waals surface area contributed by atoms with E-state index in [1.54, 1.807) is 11.8 Å². The van der Waals surface area contributed by atoms with Crippen LogP contribution in [-0.4, -0.2) is 24.7 Å². The van der Waals surface area contributed by atoms with E-state index in [2.05, 4.69) is 34.9 Å². The third-order valence-electron chi connectivity index (χ3n) is 3.04. The number of rotatable bonds is 4. The van der Waals surface area contributed by atoms with Crippen molar-refractivity contribution in [3.8, 4) is 0 Å². The largest absolute Gasteiger partial charge is 0.355 e. The number of carbonyl (C=O) groups excluding carboxylic acids is 1. The fourth-order valence-corrected chi connectivity index (χ4v) is 3.30. The molecule has 0 spiro atoms. The van der Waals surface area contributed by atoms with Crippen molar-refractivity contribution in [2.75, 3.05) is 13.6 Å². The molecule has 2 rings (SSSR count). The molecule has 0 bridgehead atoms. The maximum Gasteiger partial charge on any atom is 0.233 e. The average Bonchev–Trinajstić information content (AvgIpc) is 2.56. The second kappa shape index (κ2) is 6.81. The fraction of sp³-hybridized carbons (Fsp3) is 0.500. The van der Waals surface area contributed by atoms with Gasteiger partial charge < -0.3 is 10.6 Å². The van der Waals surface area contributed by atoms with Crippen LogP contribution < -0.4 is 10.6 Å². The van der Waals surface area contributed by atoms with E-state index in [1.165, 1.54) is 10.5 Å². The molecule has 1 aromatic rings. The zero-order valence-corrected chi connectivity index (χ0v) is 11.6. The molecule has 1 aliphatic heterocycles. The van der Waals surface area contributed by atoms with Crippen molar-refractivity contribution in [2.24, 2.45) is 0 Å². The molecule has 2 N–H and O–H groups in total. The number of benzene rings is 1. The molecule has 1 unspecified atom stereocenters. The molecular weight excluding hydrogens is 244 g/mol. The van der Waals surface area contributed by atoms with E-state index in [0.29, 0.717) is 0 Å². The lowest BCUT2D eigenvalue weighted by Crippen LogP contribution is -2.30. The van der Waals surface area contributed by atoms with E-state index in [-0.39, 0.29) is 11.2 Å². The van der Waals surface area contributed by atoms with Gasteiger partial charge >= 0.3 is 0 Å². The van der Waals surface area contributed by atoms with Crippen LogP contribution in [0.4, 0.5) is 0 Å². The first kappa shape index (κ1) is 13.4. The monoisotopic (exact) mass is 264 g/mol. The zero-order chi connectivity index (χ0) is 12.8. The minimum atomic E-state index is 0.0670. The fourth-order valence-electron chi connectivity index (χ4n) is 2.12. The maximum atomic E-state index is 11.9. The lowest BCUT2D eigenvalue weighted by atomic mass is 10.2. The van der Waals surface area contributed by atoms with Crippen molar-refractivity contribution in [1.29, 1.82) is 0 Å². The highest BCUT2D eigenvalue weighted by atomic mass is 32.2. The lowest BCUT2D eigenvalue weighted by Gasteiger charge is -2.13.